The third-order valence-corrected chi connectivity index (χ3v) is 5.10. The molecule has 1 aliphatic heterocycles. The molecule has 0 aromatic carbocycles. The van der Waals surface area contributed by atoms with Crippen LogP contribution in [0, 0.1) is 17.8 Å². The highest BCUT2D eigenvalue weighted by Gasteiger charge is 2.44. The zero-order valence-corrected chi connectivity index (χ0v) is 12.9. The Bertz CT molecular complexity index is 260. The fraction of sp³-hybridized carbons (Fsp3) is 1.00. The molecule has 0 bridgehead atoms. The van der Waals surface area contributed by atoms with Crippen LogP contribution in [-0.2, 0) is 9.47 Å². The second-order valence-corrected chi connectivity index (χ2v) is 6.81. The molecule has 2 rings (SSSR count). The first-order valence-electron chi connectivity index (χ1n) is 8.04. The van der Waals surface area contributed by atoms with Crippen molar-refractivity contribution in [2.75, 3.05) is 19.8 Å². The minimum atomic E-state index is -0.131. The zero-order chi connectivity index (χ0) is 13.9. The van der Waals surface area contributed by atoms with E-state index in [1.54, 1.807) is 0 Å². The molecule has 1 saturated heterocycles. The summed E-state index contributed by atoms with van der Waals surface area (Å²) in [6, 6.07) is 0.168. The van der Waals surface area contributed by atoms with Crippen LogP contribution in [0.1, 0.15) is 52.9 Å². The van der Waals surface area contributed by atoms with Gasteiger partial charge in [-0.15, -0.1) is 0 Å². The Balaban J connectivity index is 2.07. The molecule has 3 heteroatoms. The van der Waals surface area contributed by atoms with E-state index in [0.29, 0.717) is 5.92 Å². The first-order chi connectivity index (χ1) is 9.07. The topological polar surface area (TPSA) is 44.5 Å². The molecule has 3 atom stereocenters. The van der Waals surface area contributed by atoms with Gasteiger partial charge in [0.2, 0.25) is 0 Å². The first kappa shape index (κ1) is 15.3. The molecular weight excluding hydrogens is 238 g/mol. The predicted molar refractivity (Wildman–Crippen MR) is 78.1 cm³/mol. The molecule has 0 aromatic heterocycles. The van der Waals surface area contributed by atoms with Crippen molar-refractivity contribution in [1.82, 2.24) is 0 Å². The monoisotopic (exact) mass is 269 g/mol. The summed E-state index contributed by atoms with van der Waals surface area (Å²) >= 11 is 0. The Labute approximate surface area is 118 Å². The second kappa shape index (κ2) is 6.55. The van der Waals surface area contributed by atoms with Crippen LogP contribution in [0.4, 0.5) is 0 Å². The largest absolute Gasteiger partial charge is 0.381 e. The smallest absolute Gasteiger partial charge is 0.0878 e. The van der Waals surface area contributed by atoms with E-state index in [4.69, 9.17) is 15.2 Å². The molecule has 2 aliphatic rings. The molecule has 0 amide bonds. The summed E-state index contributed by atoms with van der Waals surface area (Å²) in [5.41, 5.74) is 6.56. The fourth-order valence-electron chi connectivity index (χ4n) is 4.31. The summed E-state index contributed by atoms with van der Waals surface area (Å²) in [6.07, 6.45) is 5.80. The normalized spacial score (nSPS) is 36.9. The highest BCUT2D eigenvalue weighted by molar-refractivity contribution is 4.98. The molecule has 1 saturated carbocycles. The number of hydrogen-bond donors (Lipinski definition) is 1. The highest BCUT2D eigenvalue weighted by atomic mass is 16.5. The summed E-state index contributed by atoms with van der Waals surface area (Å²) in [6.45, 7) is 9.16. The minimum Gasteiger partial charge on any atom is -0.381 e. The molecular formula is C16H31NO2. The summed E-state index contributed by atoms with van der Waals surface area (Å²) in [4.78, 5) is 0. The minimum absolute atomic E-state index is 0.131. The van der Waals surface area contributed by atoms with Gasteiger partial charge in [0.25, 0.3) is 0 Å². The van der Waals surface area contributed by atoms with Gasteiger partial charge < -0.3 is 15.2 Å². The Morgan fingerprint density at radius 2 is 1.74 bits per heavy atom. The molecule has 3 nitrogen and oxygen atoms in total. The van der Waals surface area contributed by atoms with Gasteiger partial charge in [0.05, 0.1) is 5.60 Å². The van der Waals surface area contributed by atoms with E-state index in [9.17, 15) is 0 Å². The van der Waals surface area contributed by atoms with Gasteiger partial charge in [0.15, 0.2) is 0 Å². The van der Waals surface area contributed by atoms with Crippen LogP contribution in [-0.4, -0.2) is 31.5 Å². The number of hydrogen-bond acceptors (Lipinski definition) is 3. The van der Waals surface area contributed by atoms with E-state index >= 15 is 0 Å². The lowest BCUT2D eigenvalue weighted by molar-refractivity contribution is -0.133. The standard InChI is InChI=1S/C16H31NO2/c1-4-19-16(5-7-18-8-6-16)15(17)14-10-12(2)9-13(3)11-14/h12-15H,4-11,17H2,1-3H3. The number of nitrogens with two attached hydrogens (primary N) is 1. The Morgan fingerprint density at radius 1 is 1.16 bits per heavy atom. The molecule has 19 heavy (non-hydrogen) atoms. The van der Waals surface area contributed by atoms with Crippen molar-refractivity contribution in [2.24, 2.45) is 23.5 Å². The van der Waals surface area contributed by atoms with Gasteiger partial charge in [-0.05, 0) is 43.9 Å². The van der Waals surface area contributed by atoms with Gasteiger partial charge in [-0.25, -0.2) is 0 Å². The third kappa shape index (κ3) is 3.50. The van der Waals surface area contributed by atoms with Crippen molar-refractivity contribution in [2.45, 2.75) is 64.5 Å². The molecule has 0 aromatic rings. The van der Waals surface area contributed by atoms with Crippen molar-refractivity contribution in [1.29, 1.82) is 0 Å². The van der Waals surface area contributed by atoms with Crippen LogP contribution in [0.3, 0.4) is 0 Å². The van der Waals surface area contributed by atoms with Crippen molar-refractivity contribution in [3.05, 3.63) is 0 Å². The van der Waals surface area contributed by atoms with Crippen molar-refractivity contribution < 1.29 is 9.47 Å². The van der Waals surface area contributed by atoms with E-state index in [0.717, 1.165) is 44.5 Å². The number of rotatable bonds is 4. The van der Waals surface area contributed by atoms with Gasteiger partial charge in [-0.1, -0.05) is 13.8 Å². The molecule has 0 spiro atoms. The van der Waals surface area contributed by atoms with Crippen LogP contribution in [0.15, 0.2) is 0 Å². The van der Waals surface area contributed by atoms with Crippen LogP contribution in [0.5, 0.6) is 0 Å². The molecule has 1 heterocycles. The van der Waals surface area contributed by atoms with Crippen LogP contribution < -0.4 is 5.73 Å². The summed E-state index contributed by atoms with van der Waals surface area (Å²) in [5.74, 6) is 2.22. The molecule has 0 radical (unpaired) electrons. The summed E-state index contributed by atoms with van der Waals surface area (Å²) in [7, 11) is 0. The Hall–Kier alpha value is -0.120. The fourth-order valence-corrected chi connectivity index (χ4v) is 4.31. The second-order valence-electron chi connectivity index (χ2n) is 6.81. The van der Waals surface area contributed by atoms with E-state index in [1.165, 1.54) is 19.3 Å². The molecule has 1 aliphatic carbocycles. The van der Waals surface area contributed by atoms with Gasteiger partial charge in [-0.3, -0.25) is 0 Å². The maximum Gasteiger partial charge on any atom is 0.0878 e. The van der Waals surface area contributed by atoms with E-state index < -0.39 is 0 Å². The maximum absolute atomic E-state index is 6.69. The lowest BCUT2D eigenvalue weighted by atomic mass is 9.68. The van der Waals surface area contributed by atoms with Gasteiger partial charge in [-0.2, -0.15) is 0 Å². The summed E-state index contributed by atoms with van der Waals surface area (Å²) in [5, 5.41) is 0. The molecule has 2 N–H and O–H groups in total. The van der Waals surface area contributed by atoms with Gasteiger partial charge in [0, 0.05) is 38.7 Å². The average Bonchev–Trinajstić information content (AvgIpc) is 2.38. The molecule has 3 unspecified atom stereocenters. The quantitative estimate of drug-likeness (QED) is 0.853. The van der Waals surface area contributed by atoms with Crippen LogP contribution in [0.2, 0.25) is 0 Å². The Morgan fingerprint density at radius 3 is 2.26 bits per heavy atom. The van der Waals surface area contributed by atoms with Crippen molar-refractivity contribution in [3.8, 4) is 0 Å². The zero-order valence-electron chi connectivity index (χ0n) is 12.9. The number of ether oxygens (including phenoxy) is 2. The van der Waals surface area contributed by atoms with E-state index in [2.05, 4.69) is 20.8 Å². The van der Waals surface area contributed by atoms with E-state index in [1.807, 2.05) is 0 Å². The molecule has 112 valence electrons. The lowest BCUT2D eigenvalue weighted by Crippen LogP contribution is -2.57. The summed E-state index contributed by atoms with van der Waals surface area (Å²) < 4.78 is 11.7. The lowest BCUT2D eigenvalue weighted by Gasteiger charge is -2.47. The maximum atomic E-state index is 6.69. The van der Waals surface area contributed by atoms with Crippen LogP contribution >= 0.6 is 0 Å². The molecule has 2 fully saturated rings. The predicted octanol–water partition coefficient (Wildman–Crippen LogP) is 2.97. The van der Waals surface area contributed by atoms with Crippen molar-refractivity contribution >= 4 is 0 Å². The average molecular weight is 269 g/mol. The Kier molecular flexibility index (Phi) is 5.27. The van der Waals surface area contributed by atoms with Gasteiger partial charge >= 0.3 is 0 Å². The van der Waals surface area contributed by atoms with Gasteiger partial charge in [0.1, 0.15) is 0 Å². The van der Waals surface area contributed by atoms with Crippen molar-refractivity contribution in [3.63, 3.8) is 0 Å². The highest BCUT2D eigenvalue weighted by Crippen LogP contribution is 2.40. The third-order valence-electron chi connectivity index (χ3n) is 5.10. The first-order valence-corrected chi connectivity index (χ1v) is 8.04. The van der Waals surface area contributed by atoms with Crippen LogP contribution in [0.25, 0.3) is 0 Å². The van der Waals surface area contributed by atoms with E-state index in [-0.39, 0.29) is 11.6 Å². The SMILES string of the molecule is CCOC1(C(N)C2CC(C)CC(C)C2)CCOCC1.